The Morgan fingerprint density at radius 2 is 1.96 bits per heavy atom. The molecule has 0 bridgehead atoms. The van der Waals surface area contributed by atoms with Gasteiger partial charge in [0.25, 0.3) is 0 Å². The van der Waals surface area contributed by atoms with Gasteiger partial charge in [0.2, 0.25) is 0 Å². The molecule has 1 aromatic heterocycles. The maximum atomic E-state index is 12.2. The predicted octanol–water partition coefficient (Wildman–Crippen LogP) is 3.56. The van der Waals surface area contributed by atoms with Gasteiger partial charge in [0, 0.05) is 25.4 Å². The van der Waals surface area contributed by atoms with Gasteiger partial charge in [0.1, 0.15) is 24.8 Å². The lowest BCUT2D eigenvalue weighted by Crippen LogP contribution is -2.42. The van der Waals surface area contributed by atoms with E-state index in [9.17, 15) is 4.79 Å². The normalized spacial score (nSPS) is 13.2. The van der Waals surface area contributed by atoms with E-state index < -0.39 is 5.60 Å². The molecular formula is C20H25NO4. The smallest absolute Gasteiger partial charge is 0.162 e. The number of ketones is 1. The van der Waals surface area contributed by atoms with Gasteiger partial charge >= 0.3 is 0 Å². The zero-order chi connectivity index (χ0) is 18.1. The molecule has 25 heavy (non-hydrogen) atoms. The Hall–Kier alpha value is -2.24. The van der Waals surface area contributed by atoms with Crippen molar-refractivity contribution in [3.05, 3.63) is 59.9 Å². The van der Waals surface area contributed by atoms with E-state index in [1.807, 2.05) is 49.4 Å². The molecule has 0 amide bonds. The van der Waals surface area contributed by atoms with E-state index in [1.54, 1.807) is 20.2 Å². The van der Waals surface area contributed by atoms with Crippen molar-refractivity contribution in [1.29, 1.82) is 0 Å². The molecule has 0 N–H and O–H groups in total. The number of ether oxygens (including phenoxy) is 3. The Morgan fingerprint density at radius 3 is 2.60 bits per heavy atom. The van der Waals surface area contributed by atoms with Crippen LogP contribution in [0.1, 0.15) is 31.5 Å². The summed E-state index contributed by atoms with van der Waals surface area (Å²) in [5.74, 6) is 0.788. The van der Waals surface area contributed by atoms with Crippen molar-refractivity contribution in [3.63, 3.8) is 0 Å². The molecule has 0 aliphatic heterocycles. The maximum Gasteiger partial charge on any atom is 0.162 e. The fraction of sp³-hybridized carbons (Fsp3) is 0.400. The van der Waals surface area contributed by atoms with Crippen molar-refractivity contribution in [2.75, 3.05) is 13.9 Å². The first kappa shape index (κ1) is 19.1. The lowest BCUT2D eigenvalue weighted by atomic mass is 9.89. The number of hydrogen-bond acceptors (Lipinski definition) is 5. The summed E-state index contributed by atoms with van der Waals surface area (Å²) in [6.45, 7) is 3.99. The first-order valence-electron chi connectivity index (χ1n) is 8.35. The van der Waals surface area contributed by atoms with Crippen LogP contribution >= 0.6 is 0 Å². The first-order chi connectivity index (χ1) is 12.1. The largest absolute Gasteiger partial charge is 0.489 e. The van der Waals surface area contributed by atoms with Gasteiger partial charge in [-0.1, -0.05) is 25.1 Å². The number of carbonyl (C=O) groups excluding carboxylic acids is 1. The summed E-state index contributed by atoms with van der Waals surface area (Å²) >= 11 is 0. The summed E-state index contributed by atoms with van der Waals surface area (Å²) in [4.78, 5) is 16.6. The Kier molecular flexibility index (Phi) is 7.10. The van der Waals surface area contributed by atoms with E-state index in [0.717, 1.165) is 17.0 Å². The topological polar surface area (TPSA) is 57.6 Å². The molecule has 0 saturated carbocycles. The van der Waals surface area contributed by atoms with Crippen LogP contribution in [0.15, 0.2) is 48.7 Å². The van der Waals surface area contributed by atoms with Gasteiger partial charge in [-0.05, 0) is 43.2 Å². The number of rotatable bonds is 10. The van der Waals surface area contributed by atoms with E-state index in [4.69, 9.17) is 14.2 Å². The van der Waals surface area contributed by atoms with Crippen molar-refractivity contribution < 1.29 is 19.0 Å². The van der Waals surface area contributed by atoms with Crippen LogP contribution in [0, 0.1) is 0 Å². The number of carbonyl (C=O) groups is 1. The number of methoxy groups -OCH3 is 1. The fourth-order valence-electron chi connectivity index (χ4n) is 2.62. The zero-order valence-electron chi connectivity index (χ0n) is 15.0. The molecule has 1 aromatic carbocycles. The lowest BCUT2D eigenvalue weighted by Gasteiger charge is -2.29. The quantitative estimate of drug-likeness (QED) is 0.617. The second-order valence-electron chi connectivity index (χ2n) is 5.89. The number of hydrogen-bond donors (Lipinski definition) is 0. The third-order valence-corrected chi connectivity index (χ3v) is 4.16. The molecule has 0 aliphatic rings. The second-order valence-corrected chi connectivity index (χ2v) is 5.89. The Labute approximate surface area is 148 Å². The second kappa shape index (κ2) is 9.30. The molecular weight excluding hydrogens is 318 g/mol. The van der Waals surface area contributed by atoms with Gasteiger partial charge in [0.05, 0.1) is 0 Å². The van der Waals surface area contributed by atoms with E-state index in [-0.39, 0.29) is 12.6 Å². The molecule has 0 radical (unpaired) electrons. The molecule has 0 saturated heterocycles. The molecule has 5 heteroatoms. The minimum atomic E-state index is -0.915. The van der Waals surface area contributed by atoms with Crippen LogP contribution in [0.4, 0.5) is 0 Å². The highest BCUT2D eigenvalue weighted by molar-refractivity contribution is 5.85. The zero-order valence-corrected chi connectivity index (χ0v) is 15.0. The van der Waals surface area contributed by atoms with Crippen LogP contribution in [0.25, 0.3) is 0 Å². The Balaban J connectivity index is 2.09. The molecule has 5 nitrogen and oxygen atoms in total. The number of pyridine rings is 1. The molecule has 1 atom stereocenters. The van der Waals surface area contributed by atoms with Crippen molar-refractivity contribution >= 4 is 5.78 Å². The number of para-hydroxylation sites is 1. The molecule has 134 valence electrons. The van der Waals surface area contributed by atoms with Crippen molar-refractivity contribution in [2.24, 2.45) is 0 Å². The lowest BCUT2D eigenvalue weighted by molar-refractivity contribution is -0.162. The molecule has 0 aliphatic carbocycles. The van der Waals surface area contributed by atoms with Crippen LogP contribution in [-0.4, -0.2) is 30.3 Å². The Morgan fingerprint density at radius 1 is 1.20 bits per heavy atom. The van der Waals surface area contributed by atoms with Gasteiger partial charge in [-0.3, -0.25) is 9.78 Å². The summed E-state index contributed by atoms with van der Waals surface area (Å²) < 4.78 is 16.5. The number of nitrogens with zero attached hydrogens (tertiary/aromatic N) is 1. The average molecular weight is 343 g/mol. The van der Waals surface area contributed by atoms with Crippen molar-refractivity contribution in [1.82, 2.24) is 4.98 Å². The molecule has 0 fully saturated rings. The minimum Gasteiger partial charge on any atom is -0.489 e. The number of Topliss-reactive ketones (excluding diaryl/α,β-unsaturated/α-hetero) is 1. The monoisotopic (exact) mass is 343 g/mol. The van der Waals surface area contributed by atoms with Gasteiger partial charge < -0.3 is 14.2 Å². The summed E-state index contributed by atoms with van der Waals surface area (Å²) in [6.07, 6.45) is 2.69. The minimum absolute atomic E-state index is 0.0280. The highest BCUT2D eigenvalue weighted by Crippen LogP contribution is 2.23. The summed E-state index contributed by atoms with van der Waals surface area (Å²) in [5, 5.41) is 0. The van der Waals surface area contributed by atoms with E-state index in [0.29, 0.717) is 19.4 Å². The van der Waals surface area contributed by atoms with E-state index >= 15 is 0 Å². The van der Waals surface area contributed by atoms with Gasteiger partial charge in [0.15, 0.2) is 5.78 Å². The highest BCUT2D eigenvalue weighted by Gasteiger charge is 2.35. The first-order valence-corrected chi connectivity index (χ1v) is 8.35. The number of benzene rings is 1. The summed E-state index contributed by atoms with van der Waals surface area (Å²) in [6, 6.07) is 13.5. The molecule has 1 heterocycles. The van der Waals surface area contributed by atoms with Crippen LogP contribution in [-0.2, 0) is 27.3 Å². The van der Waals surface area contributed by atoms with E-state index in [2.05, 4.69) is 4.98 Å². The summed E-state index contributed by atoms with van der Waals surface area (Å²) in [7, 11) is 1.54. The standard InChI is InChI=1S/C20H25NO4/c1-4-20(16(2)22,25-15-23-3)13-18-12-17(10-11-21-18)14-24-19-8-6-5-7-9-19/h5-12H,4,13-15H2,1-3H3. The summed E-state index contributed by atoms with van der Waals surface area (Å²) in [5.41, 5.74) is 0.874. The molecule has 2 aromatic rings. The van der Waals surface area contributed by atoms with Crippen LogP contribution in [0.2, 0.25) is 0 Å². The van der Waals surface area contributed by atoms with Gasteiger partial charge in [-0.25, -0.2) is 0 Å². The van der Waals surface area contributed by atoms with Crippen LogP contribution < -0.4 is 4.74 Å². The molecule has 1 unspecified atom stereocenters. The van der Waals surface area contributed by atoms with Gasteiger partial charge in [-0.2, -0.15) is 0 Å². The maximum absolute atomic E-state index is 12.2. The van der Waals surface area contributed by atoms with E-state index in [1.165, 1.54) is 0 Å². The number of aromatic nitrogens is 1. The predicted molar refractivity (Wildman–Crippen MR) is 95.4 cm³/mol. The van der Waals surface area contributed by atoms with Gasteiger partial charge in [-0.15, -0.1) is 0 Å². The van der Waals surface area contributed by atoms with Crippen LogP contribution in [0.3, 0.4) is 0 Å². The Bertz CT molecular complexity index is 674. The fourth-order valence-corrected chi connectivity index (χ4v) is 2.62. The van der Waals surface area contributed by atoms with Crippen LogP contribution in [0.5, 0.6) is 5.75 Å². The highest BCUT2D eigenvalue weighted by atomic mass is 16.7. The third kappa shape index (κ3) is 5.37. The average Bonchev–Trinajstić information content (AvgIpc) is 2.64. The molecule has 2 rings (SSSR count). The van der Waals surface area contributed by atoms with Crippen molar-refractivity contribution in [2.45, 2.75) is 38.9 Å². The third-order valence-electron chi connectivity index (χ3n) is 4.16. The SMILES string of the molecule is CCC(Cc1cc(COc2ccccc2)ccn1)(OCOC)C(C)=O. The van der Waals surface area contributed by atoms with Crippen molar-refractivity contribution in [3.8, 4) is 5.75 Å². The molecule has 0 spiro atoms.